The van der Waals surface area contributed by atoms with Crippen molar-refractivity contribution < 1.29 is 14.5 Å². The number of carbonyl (C=O) groups excluding carboxylic acids is 2. The molecular formula is C24H24ClNO4. The molecule has 0 amide bonds. The zero-order chi connectivity index (χ0) is 21.3. The van der Waals surface area contributed by atoms with Crippen molar-refractivity contribution in [2.24, 2.45) is 0 Å². The van der Waals surface area contributed by atoms with Gasteiger partial charge in [-0.15, -0.1) is 11.6 Å². The first-order valence-corrected chi connectivity index (χ1v) is 11.1. The Morgan fingerprint density at radius 1 is 0.933 bits per heavy atom. The number of nitro groups is 1. The van der Waals surface area contributed by atoms with Crippen molar-refractivity contribution in [1.29, 1.82) is 0 Å². The monoisotopic (exact) mass is 425 g/mol. The molecule has 2 aromatic rings. The molecule has 156 valence electrons. The number of aryl methyl sites for hydroxylation is 3. The first kappa shape index (κ1) is 20.7. The molecular weight excluding hydrogens is 402 g/mol. The summed E-state index contributed by atoms with van der Waals surface area (Å²) in [4.78, 5) is 34.0. The Balaban J connectivity index is 0.000000147. The van der Waals surface area contributed by atoms with E-state index in [1.165, 1.54) is 24.0 Å². The molecule has 5 rings (SSSR count). The number of Topliss-reactive ketones (excluding diaryl/α,β-unsaturated/α-hetero) is 2. The molecule has 0 saturated heterocycles. The van der Waals surface area contributed by atoms with Gasteiger partial charge in [-0.05, 0) is 73.8 Å². The molecule has 30 heavy (non-hydrogen) atoms. The Labute approximate surface area is 180 Å². The normalized spacial score (nSPS) is 15.8. The van der Waals surface area contributed by atoms with Gasteiger partial charge in [0.15, 0.2) is 11.6 Å². The van der Waals surface area contributed by atoms with E-state index in [0.29, 0.717) is 36.3 Å². The lowest BCUT2D eigenvalue weighted by Crippen LogP contribution is -2.02. The van der Waals surface area contributed by atoms with E-state index < -0.39 is 0 Å². The number of halogens is 1. The molecule has 0 heterocycles. The molecule has 0 bridgehead atoms. The van der Waals surface area contributed by atoms with Crippen LogP contribution < -0.4 is 0 Å². The van der Waals surface area contributed by atoms with Crippen LogP contribution in [-0.2, 0) is 32.1 Å². The number of ketones is 2. The van der Waals surface area contributed by atoms with Crippen molar-refractivity contribution in [2.75, 3.05) is 5.88 Å². The standard InChI is InChI=1S/C12H13ClO.C12H11NO3/c13-7-6-12(14)11-5-4-9-2-1-3-10(9)8-11;14-11-5-4-9-10(11)6-7-2-1-3-8(7)12(9)13(15)16/h4-5,8H,1-3,6-7H2;6H,1-5H2. The van der Waals surface area contributed by atoms with Crippen molar-refractivity contribution in [2.45, 2.75) is 57.8 Å². The number of carbonyl (C=O) groups is 2. The van der Waals surface area contributed by atoms with Gasteiger partial charge in [-0.25, -0.2) is 0 Å². The van der Waals surface area contributed by atoms with Crippen molar-refractivity contribution in [3.05, 3.63) is 73.3 Å². The third-order valence-corrected chi connectivity index (χ3v) is 6.49. The Kier molecular flexibility index (Phi) is 6.00. The molecule has 2 aromatic carbocycles. The molecule has 0 spiro atoms. The smallest absolute Gasteiger partial charge is 0.276 e. The van der Waals surface area contributed by atoms with Gasteiger partial charge in [-0.3, -0.25) is 19.7 Å². The Bertz CT molecular complexity index is 1040. The van der Waals surface area contributed by atoms with Gasteiger partial charge in [0.25, 0.3) is 5.69 Å². The van der Waals surface area contributed by atoms with E-state index in [-0.39, 0.29) is 22.2 Å². The van der Waals surface area contributed by atoms with Crippen molar-refractivity contribution in [3.8, 4) is 0 Å². The van der Waals surface area contributed by atoms with E-state index in [9.17, 15) is 19.7 Å². The molecule has 6 heteroatoms. The summed E-state index contributed by atoms with van der Waals surface area (Å²) in [5, 5.41) is 11.1. The van der Waals surface area contributed by atoms with E-state index in [1.807, 2.05) is 18.2 Å². The summed E-state index contributed by atoms with van der Waals surface area (Å²) in [5.74, 6) is 0.637. The van der Waals surface area contributed by atoms with Crippen LogP contribution in [0.4, 0.5) is 5.69 Å². The average Bonchev–Trinajstić information content (AvgIpc) is 3.46. The van der Waals surface area contributed by atoms with Crippen LogP contribution in [0.25, 0.3) is 0 Å². The number of fused-ring (bicyclic) bond motifs is 3. The van der Waals surface area contributed by atoms with Crippen LogP contribution in [0.5, 0.6) is 0 Å². The first-order valence-electron chi connectivity index (χ1n) is 10.6. The fourth-order valence-corrected chi connectivity index (χ4v) is 5.01. The fraction of sp³-hybridized carbons (Fsp3) is 0.417. The van der Waals surface area contributed by atoms with Crippen molar-refractivity contribution in [1.82, 2.24) is 0 Å². The van der Waals surface area contributed by atoms with Gasteiger partial charge in [-0.2, -0.15) is 0 Å². The van der Waals surface area contributed by atoms with Crippen LogP contribution in [0.15, 0.2) is 24.3 Å². The van der Waals surface area contributed by atoms with Gasteiger partial charge >= 0.3 is 0 Å². The molecule has 0 N–H and O–H groups in total. The lowest BCUT2D eigenvalue weighted by Gasteiger charge is -2.06. The number of nitro benzene ring substituents is 1. The SMILES string of the molecule is O=C(CCCl)c1ccc2c(c1)CCC2.O=C1CCc2c1cc1c(c2[N+](=O)[O-])CCC1. The number of rotatable bonds is 4. The lowest BCUT2D eigenvalue weighted by molar-refractivity contribution is -0.386. The zero-order valence-corrected chi connectivity index (χ0v) is 17.6. The lowest BCUT2D eigenvalue weighted by atomic mass is 9.99. The predicted molar refractivity (Wildman–Crippen MR) is 116 cm³/mol. The summed E-state index contributed by atoms with van der Waals surface area (Å²) in [6, 6.07) is 7.94. The van der Waals surface area contributed by atoms with E-state index in [1.54, 1.807) is 0 Å². The van der Waals surface area contributed by atoms with E-state index in [4.69, 9.17) is 11.6 Å². The van der Waals surface area contributed by atoms with Crippen LogP contribution in [-0.4, -0.2) is 22.4 Å². The molecule has 0 radical (unpaired) electrons. The van der Waals surface area contributed by atoms with Crippen molar-refractivity contribution >= 4 is 28.9 Å². The summed E-state index contributed by atoms with van der Waals surface area (Å²) < 4.78 is 0. The highest BCUT2D eigenvalue weighted by Gasteiger charge is 2.33. The predicted octanol–water partition coefficient (Wildman–Crippen LogP) is 5.20. The van der Waals surface area contributed by atoms with Gasteiger partial charge < -0.3 is 0 Å². The maximum absolute atomic E-state index is 11.6. The Morgan fingerprint density at radius 2 is 1.67 bits per heavy atom. The first-order chi connectivity index (χ1) is 14.5. The summed E-state index contributed by atoms with van der Waals surface area (Å²) in [7, 11) is 0. The van der Waals surface area contributed by atoms with Gasteiger partial charge in [0.1, 0.15) is 0 Å². The molecule has 3 aliphatic carbocycles. The third-order valence-electron chi connectivity index (χ3n) is 6.30. The van der Waals surface area contributed by atoms with Crippen LogP contribution in [0.2, 0.25) is 0 Å². The fourth-order valence-electron chi connectivity index (χ4n) is 4.84. The molecule has 3 aliphatic rings. The zero-order valence-electron chi connectivity index (χ0n) is 16.8. The summed E-state index contributed by atoms with van der Waals surface area (Å²) >= 11 is 5.54. The molecule has 0 fully saturated rings. The molecule has 0 aromatic heterocycles. The third kappa shape index (κ3) is 3.91. The topological polar surface area (TPSA) is 77.3 Å². The largest absolute Gasteiger partial charge is 0.294 e. The number of hydrogen-bond donors (Lipinski definition) is 0. The van der Waals surface area contributed by atoms with Crippen LogP contribution >= 0.6 is 11.6 Å². The maximum Gasteiger partial charge on any atom is 0.276 e. The highest BCUT2D eigenvalue weighted by molar-refractivity contribution is 6.19. The molecule has 0 atom stereocenters. The number of alkyl halides is 1. The quantitative estimate of drug-likeness (QED) is 0.292. The minimum Gasteiger partial charge on any atom is -0.294 e. The Hall–Kier alpha value is -2.53. The highest BCUT2D eigenvalue weighted by atomic mass is 35.5. The summed E-state index contributed by atoms with van der Waals surface area (Å²) in [6.45, 7) is 0. The van der Waals surface area contributed by atoms with Gasteiger partial charge in [0.05, 0.1) is 4.92 Å². The second-order valence-electron chi connectivity index (χ2n) is 8.12. The van der Waals surface area contributed by atoms with Gasteiger partial charge in [0, 0.05) is 41.0 Å². The Morgan fingerprint density at radius 3 is 2.43 bits per heavy atom. The van der Waals surface area contributed by atoms with Crippen LogP contribution in [0.3, 0.4) is 0 Å². The minimum atomic E-state index is -0.304. The van der Waals surface area contributed by atoms with E-state index >= 15 is 0 Å². The molecule has 0 unspecified atom stereocenters. The van der Waals surface area contributed by atoms with Gasteiger partial charge in [-0.1, -0.05) is 12.1 Å². The maximum atomic E-state index is 11.6. The van der Waals surface area contributed by atoms with Crippen molar-refractivity contribution in [3.63, 3.8) is 0 Å². The number of benzene rings is 2. The number of nitrogens with zero attached hydrogens (tertiary/aromatic N) is 1. The number of hydrogen-bond acceptors (Lipinski definition) is 4. The molecule has 0 saturated carbocycles. The second-order valence-corrected chi connectivity index (χ2v) is 8.50. The average molecular weight is 426 g/mol. The van der Waals surface area contributed by atoms with Gasteiger partial charge in [0.2, 0.25) is 0 Å². The summed E-state index contributed by atoms with van der Waals surface area (Å²) in [6.07, 6.45) is 7.55. The highest BCUT2D eigenvalue weighted by Crippen LogP contribution is 2.39. The van der Waals surface area contributed by atoms with E-state index in [0.717, 1.165) is 42.4 Å². The molecule has 0 aliphatic heterocycles. The van der Waals surface area contributed by atoms with Crippen LogP contribution in [0, 0.1) is 10.1 Å². The second kappa shape index (κ2) is 8.68. The van der Waals surface area contributed by atoms with E-state index in [2.05, 4.69) is 6.07 Å². The molecule has 5 nitrogen and oxygen atoms in total. The minimum absolute atomic E-state index is 0.0628. The van der Waals surface area contributed by atoms with Crippen LogP contribution in [0.1, 0.15) is 74.2 Å². The summed E-state index contributed by atoms with van der Waals surface area (Å²) in [5.41, 5.74) is 6.99.